The number of hydrogen-bond acceptors (Lipinski definition) is 2. The van der Waals surface area contributed by atoms with Gasteiger partial charge in [-0.05, 0) is 19.3 Å². The van der Waals surface area contributed by atoms with Gasteiger partial charge in [0.2, 0.25) is 11.8 Å². The van der Waals surface area contributed by atoms with Gasteiger partial charge >= 0.3 is 0 Å². The van der Waals surface area contributed by atoms with Crippen LogP contribution in [-0.4, -0.2) is 47.8 Å². The Labute approximate surface area is 103 Å². The number of amides is 2. The molecule has 0 atom stereocenters. The lowest BCUT2D eigenvalue weighted by Crippen LogP contribution is -2.39. The van der Waals surface area contributed by atoms with E-state index in [2.05, 4.69) is 0 Å². The Bertz CT molecular complexity index is 289. The van der Waals surface area contributed by atoms with Gasteiger partial charge in [-0.15, -0.1) is 0 Å². The minimum Gasteiger partial charge on any atom is -0.341 e. The average molecular weight is 238 g/mol. The van der Waals surface area contributed by atoms with E-state index < -0.39 is 0 Å². The van der Waals surface area contributed by atoms with Crippen LogP contribution in [0.15, 0.2) is 0 Å². The van der Waals surface area contributed by atoms with E-state index >= 15 is 0 Å². The summed E-state index contributed by atoms with van der Waals surface area (Å²) in [6.45, 7) is 6.90. The van der Waals surface area contributed by atoms with Crippen molar-refractivity contribution in [2.75, 3.05) is 26.2 Å². The van der Waals surface area contributed by atoms with Gasteiger partial charge in [-0.1, -0.05) is 13.8 Å². The zero-order valence-corrected chi connectivity index (χ0v) is 10.8. The van der Waals surface area contributed by atoms with E-state index in [4.69, 9.17) is 0 Å². The predicted octanol–water partition coefficient (Wildman–Crippen LogP) is 1.11. The van der Waals surface area contributed by atoms with Crippen LogP contribution in [0.2, 0.25) is 0 Å². The summed E-state index contributed by atoms with van der Waals surface area (Å²) in [5, 5.41) is 0. The van der Waals surface area contributed by atoms with Crippen molar-refractivity contribution >= 4 is 11.8 Å². The second-order valence-corrected chi connectivity index (χ2v) is 5.43. The van der Waals surface area contributed by atoms with Crippen molar-refractivity contribution < 1.29 is 9.59 Å². The lowest BCUT2D eigenvalue weighted by molar-refractivity contribution is -0.136. The Kier molecular flexibility index (Phi) is 3.69. The van der Waals surface area contributed by atoms with Crippen LogP contribution < -0.4 is 0 Å². The van der Waals surface area contributed by atoms with Crippen molar-refractivity contribution in [3.8, 4) is 0 Å². The monoisotopic (exact) mass is 238 g/mol. The lowest BCUT2D eigenvalue weighted by Gasteiger charge is -2.23. The first kappa shape index (κ1) is 12.4. The van der Waals surface area contributed by atoms with Crippen LogP contribution in [-0.2, 0) is 9.59 Å². The van der Waals surface area contributed by atoms with Crippen LogP contribution in [0.4, 0.5) is 0 Å². The Morgan fingerprint density at radius 1 is 1.00 bits per heavy atom. The van der Waals surface area contributed by atoms with E-state index in [1.807, 2.05) is 23.6 Å². The van der Waals surface area contributed by atoms with Crippen molar-refractivity contribution in [3.05, 3.63) is 0 Å². The van der Waals surface area contributed by atoms with Crippen molar-refractivity contribution in [2.45, 2.75) is 33.1 Å². The van der Waals surface area contributed by atoms with Gasteiger partial charge < -0.3 is 9.80 Å². The standard InChI is InChI=1S/C13H22N2O2/c1-10(2)12(16)14-6-3-7-15(9-8-14)13(17)11-4-5-11/h10-11H,3-9H2,1-2H3. The van der Waals surface area contributed by atoms with Crippen LogP contribution in [0.1, 0.15) is 33.1 Å². The molecule has 0 bridgehead atoms. The van der Waals surface area contributed by atoms with E-state index in [0.29, 0.717) is 24.9 Å². The van der Waals surface area contributed by atoms with E-state index in [9.17, 15) is 9.59 Å². The molecule has 1 saturated heterocycles. The van der Waals surface area contributed by atoms with Crippen molar-refractivity contribution in [1.29, 1.82) is 0 Å². The third-order valence-electron chi connectivity index (χ3n) is 3.54. The SMILES string of the molecule is CC(C)C(=O)N1CCCN(C(=O)C2CC2)CC1. The molecule has 0 aromatic rings. The molecule has 2 fully saturated rings. The van der Waals surface area contributed by atoms with Crippen LogP contribution in [0, 0.1) is 11.8 Å². The molecule has 4 nitrogen and oxygen atoms in total. The Morgan fingerprint density at radius 3 is 2.18 bits per heavy atom. The molecule has 1 saturated carbocycles. The van der Waals surface area contributed by atoms with Gasteiger partial charge in [0.1, 0.15) is 0 Å². The minimum atomic E-state index is 0.0562. The number of carbonyl (C=O) groups is 2. The second kappa shape index (κ2) is 5.07. The number of nitrogens with zero attached hydrogens (tertiary/aromatic N) is 2. The number of rotatable bonds is 2. The van der Waals surface area contributed by atoms with E-state index in [0.717, 1.165) is 32.4 Å². The van der Waals surface area contributed by atoms with Crippen molar-refractivity contribution in [3.63, 3.8) is 0 Å². The van der Waals surface area contributed by atoms with E-state index in [1.165, 1.54) is 0 Å². The summed E-state index contributed by atoms with van der Waals surface area (Å²) in [5.41, 5.74) is 0. The van der Waals surface area contributed by atoms with Gasteiger partial charge in [-0.25, -0.2) is 0 Å². The topological polar surface area (TPSA) is 40.6 Å². The maximum Gasteiger partial charge on any atom is 0.225 e. The first-order valence-corrected chi connectivity index (χ1v) is 6.67. The first-order valence-electron chi connectivity index (χ1n) is 6.67. The fraction of sp³-hybridized carbons (Fsp3) is 0.846. The summed E-state index contributed by atoms with van der Waals surface area (Å²) in [5.74, 6) is 0.873. The molecule has 0 radical (unpaired) electrons. The maximum atomic E-state index is 11.9. The van der Waals surface area contributed by atoms with Crippen LogP contribution in [0.3, 0.4) is 0 Å². The predicted molar refractivity (Wildman–Crippen MR) is 65.3 cm³/mol. The van der Waals surface area contributed by atoms with Crippen molar-refractivity contribution in [2.24, 2.45) is 11.8 Å². The summed E-state index contributed by atoms with van der Waals surface area (Å²) >= 11 is 0. The fourth-order valence-electron chi connectivity index (χ4n) is 2.31. The average Bonchev–Trinajstić information content (AvgIpc) is 3.13. The lowest BCUT2D eigenvalue weighted by atomic mass is 10.2. The van der Waals surface area contributed by atoms with Gasteiger partial charge in [0, 0.05) is 38.0 Å². The molecule has 0 aromatic heterocycles. The largest absolute Gasteiger partial charge is 0.341 e. The summed E-state index contributed by atoms with van der Waals surface area (Å²) in [6.07, 6.45) is 3.03. The molecule has 17 heavy (non-hydrogen) atoms. The summed E-state index contributed by atoms with van der Waals surface area (Å²) < 4.78 is 0. The third kappa shape index (κ3) is 2.99. The quantitative estimate of drug-likeness (QED) is 0.723. The zero-order valence-electron chi connectivity index (χ0n) is 10.8. The van der Waals surface area contributed by atoms with Crippen LogP contribution in [0.25, 0.3) is 0 Å². The molecule has 0 spiro atoms. The molecule has 96 valence electrons. The van der Waals surface area contributed by atoms with E-state index in [1.54, 1.807) is 0 Å². The number of hydrogen-bond donors (Lipinski definition) is 0. The molecule has 0 N–H and O–H groups in total. The van der Waals surface area contributed by atoms with Gasteiger partial charge in [0.25, 0.3) is 0 Å². The van der Waals surface area contributed by atoms with Gasteiger partial charge in [-0.2, -0.15) is 0 Å². The van der Waals surface area contributed by atoms with Gasteiger partial charge in [0.15, 0.2) is 0 Å². The minimum absolute atomic E-state index is 0.0562. The highest BCUT2D eigenvalue weighted by atomic mass is 16.2. The number of carbonyl (C=O) groups excluding carboxylic acids is 2. The fourth-order valence-corrected chi connectivity index (χ4v) is 2.31. The summed E-state index contributed by atoms with van der Waals surface area (Å²) in [6, 6.07) is 0. The summed E-state index contributed by atoms with van der Waals surface area (Å²) in [4.78, 5) is 27.7. The molecule has 1 heterocycles. The second-order valence-electron chi connectivity index (χ2n) is 5.43. The van der Waals surface area contributed by atoms with Gasteiger partial charge in [-0.3, -0.25) is 9.59 Å². The molecular weight excluding hydrogens is 216 g/mol. The highest BCUT2D eigenvalue weighted by Crippen LogP contribution is 2.31. The molecule has 2 rings (SSSR count). The first-order chi connectivity index (χ1) is 8.09. The molecule has 1 aliphatic carbocycles. The molecule has 4 heteroatoms. The van der Waals surface area contributed by atoms with E-state index in [-0.39, 0.29) is 11.8 Å². The third-order valence-corrected chi connectivity index (χ3v) is 3.54. The smallest absolute Gasteiger partial charge is 0.225 e. The molecule has 0 aromatic carbocycles. The van der Waals surface area contributed by atoms with Crippen molar-refractivity contribution in [1.82, 2.24) is 9.80 Å². The highest BCUT2D eigenvalue weighted by molar-refractivity contribution is 5.81. The maximum absolute atomic E-state index is 11.9. The Balaban J connectivity index is 1.88. The zero-order chi connectivity index (χ0) is 12.4. The molecular formula is C13H22N2O2. The molecule has 2 aliphatic rings. The summed E-state index contributed by atoms with van der Waals surface area (Å²) in [7, 11) is 0. The Hall–Kier alpha value is -1.06. The highest BCUT2D eigenvalue weighted by Gasteiger charge is 2.34. The normalized spacial score (nSPS) is 21.6. The molecule has 0 unspecified atom stereocenters. The molecule has 1 aliphatic heterocycles. The van der Waals surface area contributed by atoms with Crippen LogP contribution in [0.5, 0.6) is 0 Å². The molecule has 2 amide bonds. The Morgan fingerprint density at radius 2 is 1.59 bits per heavy atom. The van der Waals surface area contributed by atoms with Crippen LogP contribution >= 0.6 is 0 Å². The van der Waals surface area contributed by atoms with Gasteiger partial charge in [0.05, 0.1) is 0 Å².